The van der Waals surface area contributed by atoms with Crippen molar-refractivity contribution in [3.8, 4) is 6.07 Å². The van der Waals surface area contributed by atoms with Crippen LogP contribution in [0.4, 0.5) is 4.79 Å². The van der Waals surface area contributed by atoms with Crippen molar-refractivity contribution < 1.29 is 19.4 Å². The highest BCUT2D eigenvalue weighted by Crippen LogP contribution is 1.90. The third-order valence-corrected chi connectivity index (χ3v) is 0.985. The van der Waals surface area contributed by atoms with Crippen molar-refractivity contribution in [2.75, 3.05) is 6.61 Å². The van der Waals surface area contributed by atoms with Crippen molar-refractivity contribution in [3.63, 3.8) is 0 Å². The van der Waals surface area contributed by atoms with Crippen molar-refractivity contribution in [2.24, 2.45) is 0 Å². The van der Waals surface area contributed by atoms with Gasteiger partial charge in [0.25, 0.3) is 5.91 Å². The molecule has 0 saturated heterocycles. The number of rotatable bonds is 2. The molecule has 0 unspecified atom stereocenters. The molecule has 0 aliphatic heterocycles. The molecular weight excluding hydrogens is 176 g/mol. The van der Waals surface area contributed by atoms with E-state index in [0.29, 0.717) is 6.26 Å². The van der Waals surface area contributed by atoms with Gasteiger partial charge in [0.05, 0.1) is 6.61 Å². The lowest BCUT2D eigenvalue weighted by Gasteiger charge is -2.01. The number of nitrogens with one attached hydrogen (secondary N) is 1. The minimum atomic E-state index is -0.997. The van der Waals surface area contributed by atoms with Gasteiger partial charge >= 0.3 is 6.09 Å². The summed E-state index contributed by atoms with van der Waals surface area (Å²) in [5.41, 5.74) is -0.562. The van der Waals surface area contributed by atoms with Crippen molar-refractivity contribution in [3.05, 3.63) is 11.8 Å². The second-order valence-electron chi connectivity index (χ2n) is 1.83. The van der Waals surface area contributed by atoms with Gasteiger partial charge in [-0.15, -0.1) is 0 Å². The topological polar surface area (TPSA) is 99.4 Å². The Labute approximate surface area is 74.4 Å². The normalized spacial score (nSPS) is 10.0. The van der Waals surface area contributed by atoms with Crippen LogP contribution in [0.25, 0.3) is 0 Å². The molecule has 0 bridgehead atoms. The van der Waals surface area contributed by atoms with Crippen LogP contribution in [0, 0.1) is 11.3 Å². The van der Waals surface area contributed by atoms with E-state index in [-0.39, 0.29) is 6.61 Å². The molecule has 0 aliphatic carbocycles. The van der Waals surface area contributed by atoms with Gasteiger partial charge in [-0.05, 0) is 6.92 Å². The lowest BCUT2D eigenvalue weighted by Crippen LogP contribution is -2.31. The summed E-state index contributed by atoms with van der Waals surface area (Å²) >= 11 is 0. The number of nitriles is 1. The minimum absolute atomic E-state index is 0.115. The number of hydrogen-bond acceptors (Lipinski definition) is 5. The van der Waals surface area contributed by atoms with Crippen LogP contribution in [0.1, 0.15) is 6.92 Å². The third-order valence-electron chi connectivity index (χ3n) is 0.985. The summed E-state index contributed by atoms with van der Waals surface area (Å²) < 4.78 is 4.36. The average Bonchev–Trinajstić information content (AvgIpc) is 2.06. The summed E-state index contributed by atoms with van der Waals surface area (Å²) in [5.74, 6) is -0.997. The minimum Gasteiger partial charge on any atom is -0.514 e. The lowest BCUT2D eigenvalue weighted by atomic mass is 10.3. The van der Waals surface area contributed by atoms with Crippen LogP contribution in [0.3, 0.4) is 0 Å². The zero-order valence-corrected chi connectivity index (χ0v) is 6.90. The molecule has 0 aromatic carbocycles. The number of ether oxygens (including phenoxy) is 1. The number of carbonyl (C=O) groups excluding carboxylic acids is 2. The van der Waals surface area contributed by atoms with Gasteiger partial charge in [0.15, 0.2) is 5.57 Å². The van der Waals surface area contributed by atoms with Gasteiger partial charge in [0.1, 0.15) is 12.3 Å². The summed E-state index contributed by atoms with van der Waals surface area (Å²) in [6.45, 7) is 1.68. The maximum absolute atomic E-state index is 10.8. The molecule has 70 valence electrons. The molecule has 0 aromatic rings. The highest BCUT2D eigenvalue weighted by Gasteiger charge is 2.12. The number of carbonyl (C=O) groups is 2. The molecule has 0 rings (SSSR count). The van der Waals surface area contributed by atoms with Crippen molar-refractivity contribution in [1.82, 2.24) is 5.32 Å². The number of hydrogen-bond donors (Lipinski definition) is 2. The Morgan fingerprint density at radius 2 is 2.31 bits per heavy atom. The SMILES string of the molecule is CCOC(=O)NC(=O)/C(C#N)=C\O. The van der Waals surface area contributed by atoms with Gasteiger partial charge in [-0.3, -0.25) is 10.1 Å². The van der Waals surface area contributed by atoms with Gasteiger partial charge in [-0.25, -0.2) is 4.79 Å². The van der Waals surface area contributed by atoms with Crippen LogP contribution < -0.4 is 5.32 Å². The second-order valence-corrected chi connectivity index (χ2v) is 1.83. The maximum atomic E-state index is 10.8. The molecule has 0 radical (unpaired) electrons. The van der Waals surface area contributed by atoms with Crippen LogP contribution >= 0.6 is 0 Å². The van der Waals surface area contributed by atoms with Crippen LogP contribution in [-0.2, 0) is 9.53 Å². The maximum Gasteiger partial charge on any atom is 0.414 e. The molecule has 0 saturated carbocycles. The van der Waals surface area contributed by atoms with Crippen molar-refractivity contribution in [1.29, 1.82) is 5.26 Å². The Morgan fingerprint density at radius 3 is 2.69 bits per heavy atom. The van der Waals surface area contributed by atoms with Gasteiger partial charge in [0, 0.05) is 0 Å². The molecule has 0 heterocycles. The molecule has 0 fully saturated rings. The highest BCUT2D eigenvalue weighted by atomic mass is 16.5. The van der Waals surface area contributed by atoms with Gasteiger partial charge < -0.3 is 9.84 Å². The van der Waals surface area contributed by atoms with E-state index in [1.54, 1.807) is 12.2 Å². The monoisotopic (exact) mass is 184 g/mol. The first kappa shape index (κ1) is 11.0. The molecule has 0 spiro atoms. The number of aliphatic hydroxyl groups excluding tert-OH is 1. The van der Waals surface area contributed by atoms with Gasteiger partial charge in [0.2, 0.25) is 0 Å². The summed E-state index contributed by atoms with van der Waals surface area (Å²) in [6, 6.07) is 1.39. The second kappa shape index (κ2) is 5.60. The number of amides is 2. The number of imide groups is 1. The highest BCUT2D eigenvalue weighted by molar-refractivity contribution is 6.04. The van der Waals surface area contributed by atoms with Crippen LogP contribution in [0.2, 0.25) is 0 Å². The first-order valence-corrected chi connectivity index (χ1v) is 3.38. The van der Waals surface area contributed by atoms with E-state index in [2.05, 4.69) is 4.74 Å². The van der Waals surface area contributed by atoms with Gasteiger partial charge in [-0.2, -0.15) is 5.26 Å². The van der Waals surface area contributed by atoms with E-state index in [9.17, 15) is 9.59 Å². The molecule has 6 heteroatoms. The lowest BCUT2D eigenvalue weighted by molar-refractivity contribution is -0.116. The van der Waals surface area contributed by atoms with E-state index in [1.807, 2.05) is 0 Å². The fourth-order valence-corrected chi connectivity index (χ4v) is 0.465. The first-order chi connectivity index (χ1) is 6.15. The molecule has 2 amide bonds. The molecule has 13 heavy (non-hydrogen) atoms. The summed E-state index contributed by atoms with van der Waals surface area (Å²) in [6.07, 6.45) is -0.642. The largest absolute Gasteiger partial charge is 0.514 e. The Hall–Kier alpha value is -2.03. The quantitative estimate of drug-likeness (QED) is 0.363. The van der Waals surface area contributed by atoms with E-state index < -0.39 is 17.6 Å². The standard InChI is InChI=1S/C7H8N2O4/c1-2-13-7(12)9-6(11)5(3-8)4-10/h4,10H,2H2,1H3,(H,9,11,12)/b5-4-. The van der Waals surface area contributed by atoms with Crippen molar-refractivity contribution >= 4 is 12.0 Å². The molecule has 2 N–H and O–H groups in total. The average molecular weight is 184 g/mol. The molecule has 0 aromatic heterocycles. The Kier molecular flexibility index (Phi) is 4.72. The summed E-state index contributed by atoms with van der Waals surface area (Å²) in [4.78, 5) is 21.4. The smallest absolute Gasteiger partial charge is 0.414 e. The number of nitrogens with zero attached hydrogens (tertiary/aromatic N) is 1. The third kappa shape index (κ3) is 3.76. The zero-order chi connectivity index (χ0) is 10.3. The zero-order valence-electron chi connectivity index (χ0n) is 6.90. The summed E-state index contributed by atoms with van der Waals surface area (Å²) in [7, 11) is 0. The fourth-order valence-electron chi connectivity index (χ4n) is 0.465. The predicted octanol–water partition coefficient (Wildman–Crippen LogP) is 0.225. The Morgan fingerprint density at radius 1 is 1.69 bits per heavy atom. The number of alkyl carbamates (subject to hydrolysis) is 1. The van der Waals surface area contributed by atoms with E-state index >= 15 is 0 Å². The van der Waals surface area contributed by atoms with Crippen LogP contribution in [0.5, 0.6) is 0 Å². The van der Waals surface area contributed by atoms with Gasteiger partial charge in [-0.1, -0.05) is 0 Å². The Bertz CT molecular complexity index is 277. The first-order valence-electron chi connectivity index (χ1n) is 3.38. The molecular formula is C7H8N2O4. The van der Waals surface area contributed by atoms with Crippen molar-refractivity contribution in [2.45, 2.75) is 6.92 Å². The number of aliphatic hydroxyl groups is 1. The molecule has 0 atom stereocenters. The van der Waals surface area contributed by atoms with Crippen LogP contribution in [-0.4, -0.2) is 23.7 Å². The molecule has 0 aliphatic rings. The van der Waals surface area contributed by atoms with Crippen LogP contribution in [0.15, 0.2) is 11.8 Å². The van der Waals surface area contributed by atoms with E-state index in [0.717, 1.165) is 0 Å². The summed E-state index contributed by atoms with van der Waals surface area (Å²) in [5, 5.41) is 18.3. The predicted molar refractivity (Wildman–Crippen MR) is 41.5 cm³/mol. The van der Waals surface area contributed by atoms with E-state index in [1.165, 1.54) is 6.07 Å². The fraction of sp³-hybridized carbons (Fsp3) is 0.286. The van der Waals surface area contributed by atoms with E-state index in [4.69, 9.17) is 10.4 Å². The Balaban J connectivity index is 4.17. The molecule has 6 nitrogen and oxygen atoms in total.